The first kappa shape index (κ1) is 101. The summed E-state index contributed by atoms with van der Waals surface area (Å²) < 4.78 is 97.3. The van der Waals surface area contributed by atoms with E-state index < -0.39 is 35.9 Å². The number of nitrogens with zero attached hydrogens (tertiary/aromatic N) is 5. The van der Waals surface area contributed by atoms with Crippen molar-refractivity contribution in [1.29, 1.82) is 0 Å². The van der Waals surface area contributed by atoms with Gasteiger partial charge in [-0.05, 0) is 229 Å². The molecule has 1 saturated heterocycles. The number of pyridine rings is 1. The quantitative estimate of drug-likeness (QED) is 0.0285. The third-order valence-corrected chi connectivity index (χ3v) is 22.4. The average molecular weight is 1880 g/mol. The molecule has 2 atom stereocenters. The van der Waals surface area contributed by atoms with Gasteiger partial charge >= 0.3 is 12.1 Å². The van der Waals surface area contributed by atoms with Crippen LogP contribution < -0.4 is 43.4 Å². The maximum Gasteiger partial charge on any atom is 0.433 e. The Morgan fingerprint density at radius 3 is 1.78 bits per heavy atom. The van der Waals surface area contributed by atoms with Gasteiger partial charge in [0.15, 0.2) is 57.9 Å². The smallest absolute Gasteiger partial charge is 0.433 e. The molecule has 2 aliphatic rings. The number of thiazole rings is 1. The Balaban J connectivity index is 0.000000177. The van der Waals surface area contributed by atoms with Gasteiger partial charge in [0, 0.05) is 82.5 Å². The highest BCUT2D eigenvalue weighted by molar-refractivity contribution is 9.10. The molecular weight excluding hydrogens is 1770 g/mol. The summed E-state index contributed by atoms with van der Waals surface area (Å²) in [6, 6.07) is 61.5. The number of piperidine rings is 1. The predicted molar refractivity (Wildman–Crippen MR) is 500 cm³/mol. The normalized spacial score (nSPS) is 12.8. The molecule has 680 valence electrons. The van der Waals surface area contributed by atoms with E-state index in [-0.39, 0.29) is 89.7 Å². The second-order valence-electron chi connectivity index (χ2n) is 30.4. The minimum Gasteiger partial charge on any atom is -0.496 e. The number of rotatable bonds is 27. The number of carbonyl (C=O) groups is 7. The number of para-hydroxylation sites is 3. The number of hydrogen-bond acceptors (Lipinski definition) is 21. The summed E-state index contributed by atoms with van der Waals surface area (Å²) in [5, 5.41) is 5.75. The van der Waals surface area contributed by atoms with Crippen molar-refractivity contribution in [3.05, 3.63) is 322 Å². The van der Waals surface area contributed by atoms with Crippen LogP contribution in [0.15, 0.2) is 222 Å². The molecular formula is C102H104BrClF4N6O15S. The van der Waals surface area contributed by atoms with E-state index in [0.29, 0.717) is 92.6 Å². The van der Waals surface area contributed by atoms with Gasteiger partial charge in [0.05, 0.1) is 83.4 Å². The number of anilines is 2. The second-order valence-corrected chi connectivity index (χ2v) is 32.7. The summed E-state index contributed by atoms with van der Waals surface area (Å²) in [6.07, 6.45) is 1.72. The van der Waals surface area contributed by atoms with Crippen LogP contribution in [-0.2, 0) is 63.8 Å². The van der Waals surface area contributed by atoms with Gasteiger partial charge in [-0.3, -0.25) is 33.8 Å². The highest BCUT2D eigenvalue weighted by Gasteiger charge is 2.37. The number of nitrogens with one attached hydrogen (secondary N) is 1. The third-order valence-electron chi connectivity index (χ3n) is 20.8. The number of amides is 1. The van der Waals surface area contributed by atoms with E-state index in [1.165, 1.54) is 94.8 Å². The molecule has 0 saturated carbocycles. The van der Waals surface area contributed by atoms with E-state index >= 15 is 0 Å². The number of ether oxygens (including phenoxy) is 8. The van der Waals surface area contributed by atoms with Crippen LogP contribution in [0.4, 0.5) is 29.2 Å². The number of methoxy groups -OCH3 is 6. The van der Waals surface area contributed by atoms with Crippen molar-refractivity contribution in [3.8, 4) is 51.5 Å². The first-order chi connectivity index (χ1) is 62.3. The number of benzene rings is 9. The lowest BCUT2D eigenvalue weighted by Crippen LogP contribution is -2.44. The average Bonchev–Trinajstić information content (AvgIpc) is 0.885. The van der Waals surface area contributed by atoms with Gasteiger partial charge in [-0.2, -0.15) is 13.2 Å². The Labute approximate surface area is 772 Å². The van der Waals surface area contributed by atoms with Gasteiger partial charge in [-0.25, -0.2) is 24.1 Å². The largest absolute Gasteiger partial charge is 0.496 e. The zero-order chi connectivity index (χ0) is 94.1. The van der Waals surface area contributed by atoms with E-state index in [2.05, 4.69) is 96.6 Å². The van der Waals surface area contributed by atoms with Crippen LogP contribution in [0.2, 0.25) is 5.02 Å². The molecule has 1 N–H and O–H groups in total. The highest BCUT2D eigenvalue weighted by atomic mass is 79.9. The lowest BCUT2D eigenvalue weighted by molar-refractivity contribution is -0.141. The lowest BCUT2D eigenvalue weighted by Gasteiger charge is -2.31. The fourth-order valence-electron chi connectivity index (χ4n) is 13.7. The van der Waals surface area contributed by atoms with Crippen LogP contribution in [-0.4, -0.2) is 129 Å². The number of ketones is 5. The topological polar surface area (TPSA) is 260 Å². The first-order valence-electron chi connectivity index (χ1n) is 41.7. The molecule has 1 fully saturated rings. The van der Waals surface area contributed by atoms with Crippen molar-refractivity contribution in [2.24, 2.45) is 0 Å². The SMILES string of the molecule is COC(=O)c1cc(OC)c(OC)cc1CC(=O)C1Oc2ccccc2OC1C.COc1cc(C)ccc1C(=O)Cc1cccc(C)n1.COc1cc(CC(C)=O)c(Cl)cc1C(=O)Cc1nccs1.COc1ccccc1-c1cc(C(F)(F)F)nc(N2CCCCC2)n1.Cc1ccc(CCc2ccc(Br)cc2)cc1.Cc1cccc(NC(=O)CCC(=O)c2ccccc2F)c1C. The molecule has 0 bridgehead atoms. The zero-order valence-corrected chi connectivity index (χ0v) is 77.8. The van der Waals surface area contributed by atoms with Gasteiger partial charge in [-0.15, -0.1) is 11.3 Å². The maximum atomic E-state index is 13.5. The summed E-state index contributed by atoms with van der Waals surface area (Å²) in [4.78, 5) is 103. The number of hydrogen-bond donors (Lipinski definition) is 1. The number of aromatic nitrogens is 4. The molecule has 130 heavy (non-hydrogen) atoms. The molecule has 2 aliphatic heterocycles. The van der Waals surface area contributed by atoms with E-state index in [9.17, 15) is 51.1 Å². The van der Waals surface area contributed by atoms with Crippen molar-refractivity contribution < 1.29 is 89.0 Å². The molecule has 1 amide bonds. The van der Waals surface area contributed by atoms with Crippen LogP contribution in [0.25, 0.3) is 11.3 Å². The molecule has 3 aromatic heterocycles. The lowest BCUT2D eigenvalue weighted by atomic mass is 9.97. The van der Waals surface area contributed by atoms with Gasteiger partial charge in [0.2, 0.25) is 11.9 Å². The molecule has 0 radical (unpaired) electrons. The first-order valence-corrected chi connectivity index (χ1v) is 43.8. The van der Waals surface area contributed by atoms with Crippen LogP contribution in [0.5, 0.6) is 40.2 Å². The van der Waals surface area contributed by atoms with Gasteiger partial charge in [0.25, 0.3) is 0 Å². The van der Waals surface area contributed by atoms with Crippen molar-refractivity contribution >= 4 is 91.3 Å². The van der Waals surface area contributed by atoms with Crippen molar-refractivity contribution in [1.82, 2.24) is 19.9 Å². The van der Waals surface area contributed by atoms with Crippen LogP contribution in [0.3, 0.4) is 0 Å². The van der Waals surface area contributed by atoms with Gasteiger partial charge in [0.1, 0.15) is 40.0 Å². The fourth-order valence-corrected chi connectivity index (χ4v) is 14.8. The molecule has 14 rings (SSSR count). The number of Topliss-reactive ketones (excluding diaryl/α,β-unsaturated/α-hetero) is 5. The molecule has 28 heteroatoms. The summed E-state index contributed by atoms with van der Waals surface area (Å²) in [7, 11) is 8.78. The number of halogens is 6. The van der Waals surface area contributed by atoms with Gasteiger partial charge < -0.3 is 48.1 Å². The Morgan fingerprint density at radius 1 is 0.554 bits per heavy atom. The molecule has 2 unspecified atom stereocenters. The van der Waals surface area contributed by atoms with E-state index in [0.717, 1.165) is 81.4 Å². The molecule has 12 aromatic rings. The maximum absolute atomic E-state index is 13.5. The Kier molecular flexibility index (Phi) is 38.4. The standard InChI is InChI=1S/C21H22O7.C18H18FNO2.C17H18F3N3O.C16H17NO2.C15H15Br.C15H14ClNO3S/c1-12-20(28-17-8-6-5-7-16(17)27-12)15(22)9-13-10-18(24-2)19(25-3)11-14(13)21(23)26-4;1-12-6-5-9-16(13(12)2)20-18(22)11-10-17(21)14-7-3-4-8-15(14)19;1-24-14-8-4-3-7-12(14)13-11-15(17(18,19)20)22-16(21-13)23-9-5-2-6-10-23;1-11-7-8-14(16(9-11)19-3)15(18)10-13-6-4-5-12(2)17-13;1-12-2-4-13(5-3-12)6-7-14-8-10-15(16)11-9-14;1-9(18)5-10-6-14(20-2)11(7-12(10)16)13(19)8-15-17-3-4-21-15/h5-8,10-12,20H,9H2,1-4H3;3-9H,10-11H2,1-2H3,(H,20,22);3-4,7-8,11H,2,5-6,9-10H2,1H3;4-9H,10H2,1-3H3;2-5,8-11H,6-7H2,1H3;3-4,6-7H,5,8H2,1-2H3. The van der Waals surface area contributed by atoms with Crippen molar-refractivity contribution in [3.63, 3.8) is 0 Å². The zero-order valence-electron chi connectivity index (χ0n) is 74.7. The summed E-state index contributed by atoms with van der Waals surface area (Å²) >= 11 is 11.0. The summed E-state index contributed by atoms with van der Waals surface area (Å²) in [5.41, 5.74) is 11.9. The van der Waals surface area contributed by atoms with Crippen LogP contribution >= 0.6 is 38.9 Å². The second kappa shape index (κ2) is 49.5. The monoisotopic (exact) mass is 1870 g/mol. The van der Waals surface area contributed by atoms with Crippen LogP contribution in [0.1, 0.15) is 154 Å². The molecule has 0 aliphatic carbocycles. The van der Waals surface area contributed by atoms with E-state index in [1.54, 1.807) is 80.9 Å². The van der Waals surface area contributed by atoms with Gasteiger partial charge in [-0.1, -0.05) is 130 Å². The molecule has 21 nitrogen and oxygen atoms in total. The Morgan fingerprint density at radius 2 is 1.15 bits per heavy atom. The van der Waals surface area contributed by atoms with E-state index in [4.69, 9.17) is 49.5 Å². The molecule has 9 aromatic carbocycles. The third kappa shape index (κ3) is 29.8. The Hall–Kier alpha value is -13.0. The molecule has 0 spiro atoms. The minimum absolute atomic E-state index is 0.000755. The number of aryl methyl sites for hydroxylation is 6. The Bertz CT molecular complexity index is 5830. The summed E-state index contributed by atoms with van der Waals surface area (Å²) in [5.74, 6) is 1.51. The number of carbonyl (C=O) groups excluding carboxylic acids is 7. The fraction of sp³-hybridized carbons (Fsp3) is 0.284. The predicted octanol–water partition coefficient (Wildman–Crippen LogP) is 22.1. The number of esters is 1. The van der Waals surface area contributed by atoms with Crippen molar-refractivity contribution in [2.45, 2.75) is 137 Å². The van der Waals surface area contributed by atoms with Crippen LogP contribution in [0, 0.1) is 40.4 Å². The highest BCUT2D eigenvalue weighted by Crippen LogP contribution is 2.39. The number of alkyl halides is 3. The number of fused-ring (bicyclic) bond motifs is 1. The molecule has 5 heterocycles. The summed E-state index contributed by atoms with van der Waals surface area (Å²) in [6.45, 7) is 14.5. The van der Waals surface area contributed by atoms with E-state index in [1.807, 2.05) is 105 Å². The minimum atomic E-state index is -4.52. The van der Waals surface area contributed by atoms with Crippen molar-refractivity contribution in [2.75, 3.05) is 66.0 Å².